The molecule has 0 bridgehead atoms. The van der Waals surface area contributed by atoms with Gasteiger partial charge in [-0.1, -0.05) is 91.0 Å². The lowest BCUT2D eigenvalue weighted by molar-refractivity contribution is -0.136. The number of esters is 1. The zero-order chi connectivity index (χ0) is 27.6. The summed E-state index contributed by atoms with van der Waals surface area (Å²) in [5.74, 6) is -1.27. The number of aromatic nitrogens is 1. The minimum Gasteiger partial charge on any atom is -0.478 e. The van der Waals surface area contributed by atoms with Crippen LogP contribution in [-0.4, -0.2) is 28.7 Å². The number of carbonyl (C=O) groups is 2. The van der Waals surface area contributed by atoms with E-state index >= 15 is 0 Å². The molecule has 5 nitrogen and oxygen atoms in total. The van der Waals surface area contributed by atoms with Gasteiger partial charge in [-0.3, -0.25) is 0 Å². The van der Waals surface area contributed by atoms with Crippen LogP contribution in [0.4, 0.5) is 0 Å². The van der Waals surface area contributed by atoms with Crippen molar-refractivity contribution >= 4 is 28.4 Å². The second-order valence-electron chi connectivity index (χ2n) is 10.1. The van der Waals surface area contributed by atoms with Crippen molar-refractivity contribution in [3.63, 3.8) is 0 Å². The average Bonchev–Trinajstić information content (AvgIpc) is 3.60. The van der Waals surface area contributed by atoms with Crippen LogP contribution in [0.5, 0.6) is 0 Å². The van der Waals surface area contributed by atoms with Gasteiger partial charge in [-0.2, -0.15) is 0 Å². The quantitative estimate of drug-likeness (QED) is 0.219. The summed E-state index contributed by atoms with van der Waals surface area (Å²) in [5, 5.41) is 10.8. The number of benzene rings is 4. The number of hydrogen-bond acceptors (Lipinski definition) is 3. The molecule has 5 aromatic rings. The molecule has 6 rings (SSSR count). The highest BCUT2D eigenvalue weighted by Gasteiger charge is 2.29. The molecule has 0 fully saturated rings. The van der Waals surface area contributed by atoms with Crippen LogP contribution in [-0.2, 0) is 16.1 Å². The number of rotatable bonds is 7. The van der Waals surface area contributed by atoms with E-state index in [2.05, 4.69) is 53.1 Å². The molecule has 0 spiro atoms. The van der Waals surface area contributed by atoms with Gasteiger partial charge in [0.05, 0.1) is 23.9 Å². The molecule has 1 heterocycles. The topological polar surface area (TPSA) is 68.5 Å². The van der Waals surface area contributed by atoms with Crippen molar-refractivity contribution in [2.24, 2.45) is 0 Å². The van der Waals surface area contributed by atoms with E-state index < -0.39 is 5.97 Å². The molecule has 0 unspecified atom stereocenters. The summed E-state index contributed by atoms with van der Waals surface area (Å²) in [4.78, 5) is 24.8. The van der Waals surface area contributed by atoms with Crippen molar-refractivity contribution in [3.05, 3.63) is 125 Å². The summed E-state index contributed by atoms with van der Waals surface area (Å²) in [6.07, 6.45) is 2.29. The molecule has 1 N–H and O–H groups in total. The van der Waals surface area contributed by atoms with Gasteiger partial charge in [-0.15, -0.1) is 0 Å². The van der Waals surface area contributed by atoms with Crippen LogP contribution in [0, 0.1) is 0 Å². The largest absolute Gasteiger partial charge is 0.478 e. The zero-order valence-electron chi connectivity index (χ0n) is 22.3. The highest BCUT2D eigenvalue weighted by molar-refractivity contribution is 6.08. The van der Waals surface area contributed by atoms with Gasteiger partial charge in [0.1, 0.15) is 0 Å². The van der Waals surface area contributed by atoms with E-state index in [9.17, 15) is 14.7 Å². The first-order valence-electron chi connectivity index (χ1n) is 13.4. The molecule has 1 aliphatic carbocycles. The molecule has 4 aromatic carbocycles. The molecule has 0 saturated heterocycles. The zero-order valence-corrected chi connectivity index (χ0v) is 22.3. The Morgan fingerprint density at radius 2 is 1.45 bits per heavy atom. The lowest BCUT2D eigenvalue weighted by Gasteiger charge is -2.15. The smallest absolute Gasteiger partial charge is 0.335 e. The third-order valence-corrected chi connectivity index (χ3v) is 7.71. The second-order valence-corrected chi connectivity index (χ2v) is 10.1. The van der Waals surface area contributed by atoms with Crippen LogP contribution in [0.25, 0.3) is 38.9 Å². The van der Waals surface area contributed by atoms with E-state index in [-0.39, 0.29) is 11.5 Å². The van der Waals surface area contributed by atoms with Crippen LogP contribution in [0.2, 0.25) is 0 Å². The van der Waals surface area contributed by atoms with Crippen molar-refractivity contribution in [1.29, 1.82) is 0 Å². The monoisotopic (exact) mass is 527 g/mol. The van der Waals surface area contributed by atoms with Gasteiger partial charge in [0.25, 0.3) is 0 Å². The Morgan fingerprint density at radius 1 is 0.800 bits per heavy atom. The Bertz CT molecular complexity index is 1750. The van der Waals surface area contributed by atoms with Gasteiger partial charge in [0.15, 0.2) is 0 Å². The van der Waals surface area contributed by atoms with Crippen LogP contribution in [0.15, 0.2) is 109 Å². The van der Waals surface area contributed by atoms with E-state index in [0.29, 0.717) is 18.5 Å². The van der Waals surface area contributed by atoms with Gasteiger partial charge in [-0.25, -0.2) is 9.59 Å². The minimum atomic E-state index is -0.972. The van der Waals surface area contributed by atoms with E-state index in [1.54, 1.807) is 12.1 Å². The van der Waals surface area contributed by atoms with Crippen molar-refractivity contribution < 1.29 is 19.4 Å². The normalized spacial score (nSPS) is 13.1. The summed E-state index contributed by atoms with van der Waals surface area (Å²) in [5.41, 5.74) is 9.09. The molecule has 0 aliphatic heterocycles. The van der Waals surface area contributed by atoms with Crippen LogP contribution < -0.4 is 0 Å². The Kier molecular flexibility index (Phi) is 6.79. The van der Waals surface area contributed by atoms with E-state index in [0.717, 1.165) is 62.8 Å². The predicted molar refractivity (Wildman–Crippen MR) is 158 cm³/mol. The maximum absolute atomic E-state index is 12.8. The third-order valence-electron chi connectivity index (χ3n) is 7.71. The van der Waals surface area contributed by atoms with Gasteiger partial charge in [-0.05, 0) is 59.2 Å². The van der Waals surface area contributed by atoms with Crippen LogP contribution in [0.3, 0.4) is 0 Å². The number of hydrogen-bond donors (Lipinski definition) is 1. The first kappa shape index (κ1) is 25.4. The molecule has 0 saturated carbocycles. The molecule has 0 amide bonds. The second kappa shape index (κ2) is 10.7. The molecule has 1 aromatic heterocycles. The molecule has 5 heteroatoms. The van der Waals surface area contributed by atoms with Gasteiger partial charge >= 0.3 is 11.9 Å². The Morgan fingerprint density at radius 3 is 2.10 bits per heavy atom. The maximum atomic E-state index is 12.8. The number of fused-ring (bicyclic) bond motifs is 1. The van der Waals surface area contributed by atoms with E-state index in [1.165, 1.54) is 7.11 Å². The Labute approximate surface area is 233 Å². The highest BCUT2D eigenvalue weighted by atomic mass is 16.5. The molecule has 1 aliphatic rings. The molecular weight excluding hydrogens is 498 g/mol. The number of carboxylic acids is 1. The lowest BCUT2D eigenvalue weighted by Crippen LogP contribution is -2.06. The van der Waals surface area contributed by atoms with Gasteiger partial charge in [0, 0.05) is 23.1 Å². The van der Waals surface area contributed by atoms with Crippen molar-refractivity contribution in [2.45, 2.75) is 25.8 Å². The summed E-state index contributed by atoms with van der Waals surface area (Å²) < 4.78 is 7.36. The summed E-state index contributed by atoms with van der Waals surface area (Å²) in [6, 6.07) is 34.2. The van der Waals surface area contributed by atoms with E-state index in [4.69, 9.17) is 4.74 Å². The molecule has 40 heavy (non-hydrogen) atoms. The van der Waals surface area contributed by atoms with Crippen molar-refractivity contribution in [3.8, 4) is 22.4 Å². The summed E-state index contributed by atoms with van der Waals surface area (Å²) >= 11 is 0. The van der Waals surface area contributed by atoms with Crippen molar-refractivity contribution in [2.75, 3.05) is 7.11 Å². The lowest BCUT2D eigenvalue weighted by atomic mass is 9.95. The Hall–Kier alpha value is -4.90. The fourth-order valence-corrected chi connectivity index (χ4v) is 5.83. The van der Waals surface area contributed by atoms with Crippen LogP contribution >= 0.6 is 0 Å². The highest BCUT2D eigenvalue weighted by Crippen LogP contribution is 2.45. The number of ether oxygens (including phenoxy) is 1. The molecule has 0 radical (unpaired) electrons. The fraction of sp³-hybridized carbons (Fsp3) is 0.143. The molecule has 0 atom stereocenters. The third kappa shape index (κ3) is 4.60. The first-order chi connectivity index (χ1) is 19.5. The minimum absolute atomic E-state index is 0.227. The maximum Gasteiger partial charge on any atom is 0.335 e. The van der Waals surface area contributed by atoms with Gasteiger partial charge in [0.2, 0.25) is 0 Å². The SMILES string of the molecule is COC(=O)C1=C(c2c(-c3ccccc3)n(Cc3ccc(-c4ccccc4)cc3)c3cc(C(=O)O)ccc23)CCC1. The Balaban J connectivity index is 1.59. The number of carboxylic acid groups (broad SMARTS) is 1. The number of methoxy groups -OCH3 is 1. The van der Waals surface area contributed by atoms with Crippen LogP contribution in [0.1, 0.15) is 40.7 Å². The fourth-order valence-electron chi connectivity index (χ4n) is 5.83. The molecule has 198 valence electrons. The number of aromatic carboxylic acids is 1. The van der Waals surface area contributed by atoms with Crippen molar-refractivity contribution in [1.82, 2.24) is 4.57 Å². The first-order valence-corrected chi connectivity index (χ1v) is 13.4. The predicted octanol–water partition coefficient (Wildman–Crippen LogP) is 7.83. The number of allylic oxidation sites excluding steroid dienone is 1. The number of nitrogens with zero attached hydrogens (tertiary/aromatic N) is 1. The van der Waals surface area contributed by atoms with E-state index in [1.807, 2.05) is 42.5 Å². The molecular formula is C35H29NO4. The summed E-state index contributed by atoms with van der Waals surface area (Å²) in [7, 11) is 1.42. The van der Waals surface area contributed by atoms with Gasteiger partial charge < -0.3 is 14.4 Å². The average molecular weight is 528 g/mol. The number of carbonyl (C=O) groups excluding carboxylic acids is 1. The summed E-state index contributed by atoms with van der Waals surface area (Å²) in [6.45, 7) is 0.541. The standard InChI is InChI=1S/C35H29NO4/c1-40-35(39)29-14-8-13-28(29)32-30-20-19-27(34(37)38)21-31(30)36(33(32)26-11-6-3-7-12-26)22-23-15-17-25(18-16-23)24-9-4-2-5-10-24/h2-7,9-12,15-21H,8,13-14,22H2,1H3,(H,37,38).